The lowest BCUT2D eigenvalue weighted by Crippen LogP contribution is -1.97. The monoisotopic (exact) mass is 324 g/mol. The van der Waals surface area contributed by atoms with E-state index < -0.39 is 0 Å². The lowest BCUT2D eigenvalue weighted by Gasteiger charge is -2.07. The fourth-order valence-electron chi connectivity index (χ4n) is 3.38. The van der Waals surface area contributed by atoms with Gasteiger partial charge in [0.2, 0.25) is 0 Å². The van der Waals surface area contributed by atoms with E-state index >= 15 is 0 Å². The standard InChI is InChI=1S/C20H20N2.ClH/c1-2-10-17(11-3-1)22-19-13-7-6-12-18(19)21-20(22)15-14-16-8-4-5-9-16;/h1-3,6-7,10-16H,4-5,8-9H2;1H. The molecule has 2 aromatic carbocycles. The van der Waals surface area contributed by atoms with E-state index in [4.69, 9.17) is 4.98 Å². The zero-order valence-electron chi connectivity index (χ0n) is 13.1. The van der Waals surface area contributed by atoms with Crippen LogP contribution in [0.1, 0.15) is 31.5 Å². The number of hydrogen-bond donors (Lipinski definition) is 0. The van der Waals surface area contributed by atoms with Gasteiger partial charge in [0.05, 0.1) is 11.0 Å². The largest absolute Gasteiger partial charge is 0.293 e. The minimum atomic E-state index is 0. The molecule has 3 heteroatoms. The summed E-state index contributed by atoms with van der Waals surface area (Å²) in [6.45, 7) is 0. The minimum absolute atomic E-state index is 0. The predicted molar refractivity (Wildman–Crippen MR) is 99.3 cm³/mol. The Balaban J connectivity index is 0.00000156. The van der Waals surface area contributed by atoms with Crippen molar-refractivity contribution in [3.63, 3.8) is 0 Å². The molecular formula is C20H21ClN2. The summed E-state index contributed by atoms with van der Waals surface area (Å²) in [5.41, 5.74) is 3.39. The average Bonchev–Trinajstić information content (AvgIpc) is 3.21. The van der Waals surface area contributed by atoms with Gasteiger partial charge in [0.1, 0.15) is 5.82 Å². The first-order valence-corrected chi connectivity index (χ1v) is 8.13. The quantitative estimate of drug-likeness (QED) is 0.608. The molecular weight excluding hydrogens is 304 g/mol. The molecule has 1 aromatic heterocycles. The number of hydrogen-bond acceptors (Lipinski definition) is 1. The van der Waals surface area contributed by atoms with Crippen LogP contribution in [0.15, 0.2) is 60.7 Å². The van der Waals surface area contributed by atoms with Gasteiger partial charge in [0.25, 0.3) is 0 Å². The van der Waals surface area contributed by atoms with Crippen LogP contribution in [0.2, 0.25) is 0 Å². The van der Waals surface area contributed by atoms with Crippen molar-refractivity contribution in [2.75, 3.05) is 0 Å². The van der Waals surface area contributed by atoms with Gasteiger partial charge < -0.3 is 0 Å². The molecule has 0 atom stereocenters. The van der Waals surface area contributed by atoms with Gasteiger partial charge in [-0.25, -0.2) is 4.98 Å². The number of rotatable bonds is 3. The van der Waals surface area contributed by atoms with Crippen LogP contribution in [-0.4, -0.2) is 9.55 Å². The summed E-state index contributed by atoms with van der Waals surface area (Å²) in [6.07, 6.45) is 9.94. The topological polar surface area (TPSA) is 17.8 Å². The molecule has 118 valence electrons. The maximum Gasteiger partial charge on any atom is 0.138 e. The summed E-state index contributed by atoms with van der Waals surface area (Å²) in [5, 5.41) is 0. The molecule has 0 saturated heterocycles. The smallest absolute Gasteiger partial charge is 0.138 e. The van der Waals surface area contributed by atoms with E-state index in [-0.39, 0.29) is 12.4 Å². The summed E-state index contributed by atoms with van der Waals surface area (Å²) >= 11 is 0. The summed E-state index contributed by atoms with van der Waals surface area (Å²) < 4.78 is 2.25. The number of imidazole rings is 1. The number of para-hydroxylation sites is 3. The summed E-state index contributed by atoms with van der Waals surface area (Å²) in [5.74, 6) is 1.75. The molecule has 0 bridgehead atoms. The fourth-order valence-corrected chi connectivity index (χ4v) is 3.38. The van der Waals surface area contributed by atoms with Crippen LogP contribution >= 0.6 is 12.4 Å². The van der Waals surface area contributed by atoms with Gasteiger partial charge >= 0.3 is 0 Å². The van der Waals surface area contributed by atoms with Gasteiger partial charge in [0.15, 0.2) is 0 Å². The van der Waals surface area contributed by atoms with Gasteiger partial charge in [-0.15, -0.1) is 12.4 Å². The van der Waals surface area contributed by atoms with Crippen molar-refractivity contribution >= 4 is 29.5 Å². The molecule has 2 nitrogen and oxygen atoms in total. The van der Waals surface area contributed by atoms with Gasteiger partial charge in [-0.05, 0) is 49.1 Å². The number of fused-ring (bicyclic) bond motifs is 1. The Morgan fingerprint density at radius 2 is 1.61 bits per heavy atom. The molecule has 1 fully saturated rings. The van der Waals surface area contributed by atoms with Crippen molar-refractivity contribution in [3.05, 3.63) is 66.5 Å². The molecule has 1 heterocycles. The van der Waals surface area contributed by atoms with Crippen LogP contribution in [0.4, 0.5) is 0 Å². The molecule has 1 aliphatic rings. The van der Waals surface area contributed by atoms with Gasteiger partial charge in [0, 0.05) is 5.69 Å². The van der Waals surface area contributed by atoms with E-state index in [1.54, 1.807) is 0 Å². The third-order valence-corrected chi connectivity index (χ3v) is 4.52. The second kappa shape index (κ2) is 7.01. The van der Waals surface area contributed by atoms with Gasteiger partial charge in [-0.1, -0.05) is 49.2 Å². The van der Waals surface area contributed by atoms with E-state index in [2.05, 4.69) is 71.3 Å². The Kier molecular flexibility index (Phi) is 4.82. The number of halogens is 1. The number of allylic oxidation sites excluding steroid dienone is 1. The Morgan fingerprint density at radius 3 is 2.39 bits per heavy atom. The van der Waals surface area contributed by atoms with E-state index in [1.165, 1.54) is 36.9 Å². The Labute approximate surface area is 143 Å². The van der Waals surface area contributed by atoms with Crippen LogP contribution in [0, 0.1) is 5.92 Å². The summed E-state index contributed by atoms with van der Waals surface area (Å²) in [6, 6.07) is 18.8. The first kappa shape index (κ1) is 15.8. The minimum Gasteiger partial charge on any atom is -0.293 e. The van der Waals surface area contributed by atoms with E-state index in [1.807, 2.05) is 0 Å². The third kappa shape index (κ3) is 3.18. The van der Waals surface area contributed by atoms with Crippen molar-refractivity contribution in [1.82, 2.24) is 9.55 Å². The van der Waals surface area contributed by atoms with Crippen molar-refractivity contribution in [3.8, 4) is 5.69 Å². The van der Waals surface area contributed by atoms with Crippen LogP contribution < -0.4 is 0 Å². The predicted octanol–water partition coefficient (Wildman–Crippen LogP) is 5.65. The molecule has 0 radical (unpaired) electrons. The number of nitrogens with zero attached hydrogens (tertiary/aromatic N) is 2. The number of aromatic nitrogens is 2. The van der Waals surface area contributed by atoms with Crippen LogP contribution in [0.3, 0.4) is 0 Å². The highest BCUT2D eigenvalue weighted by molar-refractivity contribution is 5.85. The molecule has 0 aliphatic heterocycles. The highest BCUT2D eigenvalue weighted by Gasteiger charge is 2.13. The van der Waals surface area contributed by atoms with Crippen molar-refractivity contribution in [2.24, 2.45) is 5.92 Å². The molecule has 0 spiro atoms. The Bertz CT molecular complexity index is 799. The lowest BCUT2D eigenvalue weighted by molar-refractivity contribution is 0.688. The zero-order valence-corrected chi connectivity index (χ0v) is 13.9. The Hall–Kier alpha value is -2.06. The van der Waals surface area contributed by atoms with Crippen LogP contribution in [-0.2, 0) is 0 Å². The Morgan fingerprint density at radius 1 is 0.913 bits per heavy atom. The van der Waals surface area contributed by atoms with E-state index in [0.717, 1.165) is 17.3 Å². The van der Waals surface area contributed by atoms with E-state index in [9.17, 15) is 0 Å². The molecule has 3 aromatic rings. The molecule has 1 aliphatic carbocycles. The maximum absolute atomic E-state index is 4.83. The second-order valence-electron chi connectivity index (χ2n) is 6.03. The zero-order chi connectivity index (χ0) is 14.8. The molecule has 1 saturated carbocycles. The summed E-state index contributed by atoms with van der Waals surface area (Å²) in [7, 11) is 0. The second-order valence-corrected chi connectivity index (χ2v) is 6.03. The third-order valence-electron chi connectivity index (χ3n) is 4.52. The fraction of sp³-hybridized carbons (Fsp3) is 0.250. The van der Waals surface area contributed by atoms with Gasteiger partial charge in [-0.3, -0.25) is 4.57 Å². The molecule has 0 N–H and O–H groups in total. The first-order valence-electron chi connectivity index (χ1n) is 8.13. The van der Waals surface area contributed by atoms with Gasteiger partial charge in [-0.2, -0.15) is 0 Å². The number of benzene rings is 2. The molecule has 0 unspecified atom stereocenters. The first-order chi connectivity index (χ1) is 10.9. The van der Waals surface area contributed by atoms with Crippen molar-refractivity contribution < 1.29 is 0 Å². The molecule has 4 rings (SSSR count). The highest BCUT2D eigenvalue weighted by Crippen LogP contribution is 2.27. The van der Waals surface area contributed by atoms with Crippen molar-refractivity contribution in [2.45, 2.75) is 25.7 Å². The SMILES string of the molecule is C(=CC1CCCC1)c1nc2ccccc2n1-c1ccccc1.Cl. The van der Waals surface area contributed by atoms with E-state index in [0.29, 0.717) is 0 Å². The normalized spacial score (nSPS) is 15.3. The lowest BCUT2D eigenvalue weighted by atomic mass is 10.1. The molecule has 0 amide bonds. The van der Waals surface area contributed by atoms with Crippen molar-refractivity contribution in [1.29, 1.82) is 0 Å². The molecule has 23 heavy (non-hydrogen) atoms. The maximum atomic E-state index is 4.83. The van der Waals surface area contributed by atoms with Crippen LogP contribution in [0.25, 0.3) is 22.8 Å². The highest BCUT2D eigenvalue weighted by atomic mass is 35.5. The van der Waals surface area contributed by atoms with Crippen LogP contribution in [0.5, 0.6) is 0 Å². The summed E-state index contributed by atoms with van der Waals surface area (Å²) in [4.78, 5) is 4.83. The average molecular weight is 325 g/mol.